The molecule has 0 radical (unpaired) electrons. The summed E-state index contributed by atoms with van der Waals surface area (Å²) in [5.41, 5.74) is 0.789. The number of aromatic nitrogens is 1. The molecule has 3 atom stereocenters. The zero-order chi connectivity index (χ0) is 14.9. The third-order valence-electron chi connectivity index (χ3n) is 3.89. The number of aliphatic hydroxyl groups excluding tert-OH is 1. The van der Waals surface area contributed by atoms with E-state index < -0.39 is 6.23 Å². The van der Waals surface area contributed by atoms with Crippen LogP contribution < -0.4 is 4.90 Å². The van der Waals surface area contributed by atoms with E-state index in [1.165, 1.54) is 9.80 Å². The molecule has 0 aliphatic carbocycles. The molecule has 2 heterocycles. The van der Waals surface area contributed by atoms with E-state index in [-0.39, 0.29) is 23.9 Å². The van der Waals surface area contributed by atoms with Gasteiger partial charge in [0.25, 0.3) is 0 Å². The van der Waals surface area contributed by atoms with Crippen LogP contribution in [0.15, 0.2) is 23.2 Å². The summed E-state index contributed by atoms with van der Waals surface area (Å²) in [4.78, 5) is 15.0. The van der Waals surface area contributed by atoms with Crippen LogP contribution in [0.1, 0.15) is 38.3 Å². The van der Waals surface area contributed by atoms with E-state index in [2.05, 4.69) is 18.7 Å². The highest BCUT2D eigenvalue weighted by Gasteiger charge is 2.44. The fourth-order valence-electron chi connectivity index (χ4n) is 2.31. The first-order chi connectivity index (χ1) is 9.51. The van der Waals surface area contributed by atoms with Crippen LogP contribution in [0.25, 0.3) is 0 Å². The number of nitrogens with zero attached hydrogens (tertiary/aromatic N) is 3. The van der Waals surface area contributed by atoms with Gasteiger partial charge in [0, 0.05) is 19.0 Å². The van der Waals surface area contributed by atoms with Gasteiger partial charge in [0.1, 0.15) is 0 Å². The van der Waals surface area contributed by atoms with E-state index in [4.69, 9.17) is 4.52 Å². The third-order valence-corrected chi connectivity index (χ3v) is 3.89. The molecule has 2 amide bonds. The topological polar surface area (TPSA) is 69.8 Å². The van der Waals surface area contributed by atoms with Crippen LogP contribution in [0.2, 0.25) is 0 Å². The fraction of sp³-hybridized carbons (Fsp3) is 0.571. The molecule has 6 nitrogen and oxygen atoms in total. The van der Waals surface area contributed by atoms with Crippen molar-refractivity contribution in [3.05, 3.63) is 24.4 Å². The van der Waals surface area contributed by atoms with Gasteiger partial charge in [0.2, 0.25) is 5.88 Å². The van der Waals surface area contributed by atoms with Crippen LogP contribution in [0.4, 0.5) is 10.7 Å². The summed E-state index contributed by atoms with van der Waals surface area (Å²) in [6.45, 7) is 7.75. The summed E-state index contributed by atoms with van der Waals surface area (Å²) in [6.07, 6.45) is 2.18. The van der Waals surface area contributed by atoms with Crippen molar-refractivity contribution in [1.29, 1.82) is 0 Å². The van der Waals surface area contributed by atoms with Crippen molar-refractivity contribution in [3.8, 4) is 0 Å². The monoisotopic (exact) mass is 279 g/mol. The van der Waals surface area contributed by atoms with Crippen LogP contribution >= 0.6 is 0 Å². The Bertz CT molecular complexity index is 500. The van der Waals surface area contributed by atoms with Gasteiger partial charge in [-0.3, -0.25) is 0 Å². The molecular formula is C14H21N3O3. The maximum Gasteiger partial charge on any atom is 0.329 e. The smallest absolute Gasteiger partial charge is 0.329 e. The molecule has 0 bridgehead atoms. The Morgan fingerprint density at radius 3 is 2.95 bits per heavy atom. The summed E-state index contributed by atoms with van der Waals surface area (Å²) in [5.74, 6) is 0.542. The predicted octanol–water partition coefficient (Wildman–Crippen LogP) is 2.32. The predicted molar refractivity (Wildman–Crippen MR) is 75.5 cm³/mol. The van der Waals surface area contributed by atoms with Crippen molar-refractivity contribution in [2.75, 3.05) is 11.9 Å². The lowest BCUT2D eigenvalue weighted by Gasteiger charge is -2.18. The number of aliphatic hydroxyl groups is 1. The van der Waals surface area contributed by atoms with Crippen LogP contribution in [-0.2, 0) is 0 Å². The molecule has 1 aromatic rings. The highest BCUT2D eigenvalue weighted by atomic mass is 16.5. The molecule has 1 saturated heterocycles. The number of carbonyl (C=O) groups excluding carboxylic acids is 1. The van der Waals surface area contributed by atoms with Gasteiger partial charge in [0.05, 0.1) is 11.7 Å². The molecule has 1 fully saturated rings. The first-order valence-electron chi connectivity index (χ1n) is 6.82. The van der Waals surface area contributed by atoms with Crippen molar-refractivity contribution in [2.45, 2.75) is 44.9 Å². The Hall–Kier alpha value is -1.82. The Labute approximate surface area is 118 Å². The minimum Gasteiger partial charge on any atom is -0.371 e. The quantitative estimate of drug-likeness (QED) is 0.840. The molecular weight excluding hydrogens is 258 g/mol. The van der Waals surface area contributed by atoms with Gasteiger partial charge in [-0.25, -0.2) is 9.69 Å². The second-order valence-corrected chi connectivity index (χ2v) is 5.17. The molecule has 1 N–H and O–H groups in total. The van der Waals surface area contributed by atoms with E-state index in [1.807, 2.05) is 6.92 Å². The van der Waals surface area contributed by atoms with E-state index in [0.717, 1.165) is 12.1 Å². The lowest BCUT2D eigenvalue weighted by molar-refractivity contribution is 0.127. The second kappa shape index (κ2) is 5.66. The maximum atomic E-state index is 12.2. The van der Waals surface area contributed by atoms with Crippen molar-refractivity contribution in [2.24, 2.45) is 0 Å². The molecule has 20 heavy (non-hydrogen) atoms. The van der Waals surface area contributed by atoms with E-state index in [1.54, 1.807) is 19.2 Å². The zero-order valence-corrected chi connectivity index (χ0v) is 12.1. The van der Waals surface area contributed by atoms with Gasteiger partial charge in [-0.05, 0) is 12.8 Å². The lowest BCUT2D eigenvalue weighted by Crippen LogP contribution is -2.36. The zero-order valence-electron chi connectivity index (χ0n) is 12.1. The molecule has 0 spiro atoms. The third kappa shape index (κ3) is 2.31. The number of rotatable bonds is 5. The Balaban J connectivity index is 2.26. The second-order valence-electron chi connectivity index (χ2n) is 5.17. The van der Waals surface area contributed by atoms with Gasteiger partial charge >= 0.3 is 6.03 Å². The van der Waals surface area contributed by atoms with Gasteiger partial charge in [-0.1, -0.05) is 25.1 Å². The standard InChI is InChI=1S/C14H21N3O3/c1-5-7-11-13(18)17(14(19)16(11)4)12-8-10(15-20-12)9(3)6-2/h5,8-9,11,13,18H,1,6-7H2,2-4H3. The number of amides is 2. The minimum absolute atomic E-state index is 0.254. The Morgan fingerprint density at radius 1 is 1.65 bits per heavy atom. The number of carbonyl (C=O) groups is 1. The first-order valence-corrected chi connectivity index (χ1v) is 6.82. The molecule has 2 rings (SSSR count). The summed E-state index contributed by atoms with van der Waals surface area (Å²) < 4.78 is 5.23. The maximum absolute atomic E-state index is 12.2. The van der Waals surface area contributed by atoms with Crippen molar-refractivity contribution >= 4 is 11.9 Å². The van der Waals surface area contributed by atoms with Crippen LogP contribution in [0.3, 0.4) is 0 Å². The fourth-order valence-corrected chi connectivity index (χ4v) is 2.31. The van der Waals surface area contributed by atoms with Crippen molar-refractivity contribution in [1.82, 2.24) is 10.1 Å². The molecule has 1 aliphatic heterocycles. The number of hydrogen-bond donors (Lipinski definition) is 1. The van der Waals surface area contributed by atoms with E-state index >= 15 is 0 Å². The van der Waals surface area contributed by atoms with Gasteiger partial charge < -0.3 is 14.5 Å². The number of anilines is 1. The van der Waals surface area contributed by atoms with E-state index in [0.29, 0.717) is 6.42 Å². The van der Waals surface area contributed by atoms with E-state index in [9.17, 15) is 9.90 Å². The van der Waals surface area contributed by atoms with Gasteiger partial charge in [-0.15, -0.1) is 6.58 Å². The average molecular weight is 279 g/mol. The highest BCUT2D eigenvalue weighted by molar-refractivity contribution is 5.93. The molecule has 3 unspecified atom stereocenters. The molecule has 1 aromatic heterocycles. The largest absolute Gasteiger partial charge is 0.371 e. The normalized spacial score (nSPS) is 24.3. The SMILES string of the molecule is C=CCC1C(O)N(c2cc(C(C)CC)no2)C(=O)N1C. The number of hydrogen-bond acceptors (Lipinski definition) is 4. The molecule has 0 saturated carbocycles. The number of urea groups is 1. The Kier molecular flexibility index (Phi) is 4.13. The van der Waals surface area contributed by atoms with Crippen molar-refractivity contribution in [3.63, 3.8) is 0 Å². The summed E-state index contributed by atoms with van der Waals surface area (Å²) >= 11 is 0. The number of likely N-dealkylation sites (N-methyl/N-ethyl adjacent to an activating group) is 1. The summed E-state index contributed by atoms with van der Waals surface area (Å²) in [5, 5.41) is 14.3. The van der Waals surface area contributed by atoms with Crippen LogP contribution in [-0.4, -0.2) is 40.5 Å². The van der Waals surface area contributed by atoms with Crippen molar-refractivity contribution < 1.29 is 14.4 Å². The average Bonchev–Trinajstić information content (AvgIpc) is 2.98. The Morgan fingerprint density at radius 2 is 2.35 bits per heavy atom. The first kappa shape index (κ1) is 14.6. The molecule has 6 heteroatoms. The molecule has 110 valence electrons. The highest BCUT2D eigenvalue weighted by Crippen LogP contribution is 2.31. The summed E-state index contributed by atoms with van der Waals surface area (Å²) in [7, 11) is 1.66. The molecule has 1 aliphatic rings. The molecule has 0 aromatic carbocycles. The van der Waals surface area contributed by atoms with Crippen LogP contribution in [0, 0.1) is 0 Å². The van der Waals surface area contributed by atoms with Gasteiger partial charge in [-0.2, -0.15) is 0 Å². The van der Waals surface area contributed by atoms with Crippen LogP contribution in [0.5, 0.6) is 0 Å². The lowest BCUT2D eigenvalue weighted by atomic mass is 10.1. The van der Waals surface area contributed by atoms with Gasteiger partial charge in [0.15, 0.2) is 6.23 Å². The minimum atomic E-state index is -0.955. The summed E-state index contributed by atoms with van der Waals surface area (Å²) in [6, 6.07) is 1.10.